The lowest BCUT2D eigenvalue weighted by molar-refractivity contribution is -0.140. The number of carboxylic acid groups (broad SMARTS) is 3. The second-order valence-corrected chi connectivity index (χ2v) is 6.34. The number of carboxylic acids is 3. The van der Waals surface area contributed by atoms with Gasteiger partial charge in [-0.05, 0) is 37.8 Å². The van der Waals surface area contributed by atoms with Crippen LogP contribution in [0.15, 0.2) is 30.6 Å². The zero-order chi connectivity index (χ0) is 25.6. The molecule has 1 aromatic heterocycles. The van der Waals surface area contributed by atoms with Crippen LogP contribution in [0.2, 0.25) is 0 Å². The van der Waals surface area contributed by atoms with Gasteiger partial charge in [0, 0.05) is 32.3 Å². The fourth-order valence-electron chi connectivity index (χ4n) is 2.19. The molecule has 0 saturated heterocycles. The number of amides is 3. The van der Waals surface area contributed by atoms with Crippen LogP contribution in [0.4, 0.5) is 9.18 Å². The molecule has 13 heteroatoms. The Labute approximate surface area is 190 Å². The van der Waals surface area contributed by atoms with Crippen LogP contribution in [0.25, 0.3) is 0 Å². The van der Waals surface area contributed by atoms with E-state index in [-0.39, 0.29) is 18.7 Å². The number of carbonyl (C=O) groups excluding carboxylic acids is 2. The van der Waals surface area contributed by atoms with E-state index in [0.29, 0.717) is 26.6 Å². The van der Waals surface area contributed by atoms with E-state index < -0.39 is 42.4 Å². The summed E-state index contributed by atoms with van der Waals surface area (Å²) in [6.45, 7) is 1.74. The molecular formula is C20H31FN4O8. The first kappa shape index (κ1) is 31.4. The third-order valence-electron chi connectivity index (χ3n) is 3.71. The molecule has 0 unspecified atom stereocenters. The molecule has 0 radical (unpaired) electrons. The highest BCUT2D eigenvalue weighted by atomic mass is 18.2. The van der Waals surface area contributed by atoms with E-state index >= 15 is 0 Å². The summed E-state index contributed by atoms with van der Waals surface area (Å²) >= 11 is 0. The lowest BCUT2D eigenvalue weighted by Crippen LogP contribution is -2.51. The van der Waals surface area contributed by atoms with E-state index in [1.807, 2.05) is 23.5 Å². The zero-order valence-electron chi connectivity index (χ0n) is 18.5. The summed E-state index contributed by atoms with van der Waals surface area (Å²) < 4.78 is 9.50. The second kappa shape index (κ2) is 20.2. The number of pyridine rings is 1. The van der Waals surface area contributed by atoms with E-state index in [4.69, 9.17) is 15.3 Å². The predicted octanol–water partition coefficient (Wildman–Crippen LogP) is 1.03. The van der Waals surface area contributed by atoms with Crippen molar-refractivity contribution in [2.45, 2.75) is 51.1 Å². The summed E-state index contributed by atoms with van der Waals surface area (Å²) in [5.74, 6) is -4.12. The Morgan fingerprint density at radius 2 is 1.36 bits per heavy atom. The Bertz CT molecular complexity index is 695. The molecule has 0 aromatic carbocycles. The summed E-state index contributed by atoms with van der Waals surface area (Å²) in [6.07, 6.45) is 3.74. The second-order valence-electron chi connectivity index (χ2n) is 6.34. The number of alkyl halides is 1. The molecule has 0 aliphatic carbocycles. The number of aliphatic carboxylic acids is 3. The van der Waals surface area contributed by atoms with E-state index in [9.17, 15) is 28.4 Å². The van der Waals surface area contributed by atoms with Crippen molar-refractivity contribution in [2.24, 2.45) is 0 Å². The molecule has 6 N–H and O–H groups in total. The maximum atomic E-state index is 11.7. The number of hydrogen-bond donors (Lipinski definition) is 6. The number of halogens is 1. The Hall–Kier alpha value is -3.77. The van der Waals surface area contributed by atoms with Crippen molar-refractivity contribution in [1.82, 2.24) is 20.9 Å². The van der Waals surface area contributed by atoms with Gasteiger partial charge in [0.1, 0.15) is 12.1 Å². The summed E-state index contributed by atoms with van der Waals surface area (Å²) in [5.41, 5.74) is 0. The van der Waals surface area contributed by atoms with Crippen molar-refractivity contribution >= 4 is 29.8 Å². The highest BCUT2D eigenvalue weighted by Crippen LogP contribution is 2.02. The van der Waals surface area contributed by atoms with Crippen molar-refractivity contribution in [1.29, 1.82) is 0 Å². The van der Waals surface area contributed by atoms with Crippen molar-refractivity contribution < 1.29 is 43.7 Å². The molecule has 0 aliphatic rings. The molecule has 1 rings (SSSR count). The van der Waals surface area contributed by atoms with E-state index in [2.05, 4.69) is 15.6 Å². The van der Waals surface area contributed by atoms with Gasteiger partial charge in [0.05, 0.1) is 7.18 Å². The maximum absolute atomic E-state index is 11.7. The molecule has 33 heavy (non-hydrogen) atoms. The number of aromatic nitrogens is 1. The molecular weight excluding hydrogens is 442 g/mol. The van der Waals surface area contributed by atoms with E-state index in [1.165, 1.54) is 6.92 Å². The average molecular weight is 473 g/mol. The third-order valence-corrected chi connectivity index (χ3v) is 3.71. The topological polar surface area (TPSA) is 195 Å². The molecule has 1 aromatic rings. The minimum absolute atomic E-state index is 0.0925. The van der Waals surface area contributed by atoms with Crippen LogP contribution in [0.3, 0.4) is 0 Å². The standard InChI is InChI=1S/C14H23N3O8.C5H5N.CH3F/c1-8(18)15-7-3-2-4-9(12(21)22)16-14(25)17-10(13(23)24)5-6-11(19)20;1-2-4-6-5-3-1;1-2/h9-10H,2-7H2,1H3,(H,15,18)(H,19,20)(H,21,22)(H,23,24)(H2,16,17,25);1-5H;1H3/t9-,10-;;/m0../s1/i;;2-1. The van der Waals surface area contributed by atoms with Crippen LogP contribution in [-0.2, 0) is 19.2 Å². The normalized spacial score (nSPS) is 11.1. The van der Waals surface area contributed by atoms with Crippen LogP contribution in [0.5, 0.6) is 0 Å². The SMILES string of the molecule is CC(=O)NCCCC[C@H](NC(=O)N[C@@H](CCC(=O)O)C(=O)O)C(=O)O.C[18F].c1ccncc1. The van der Waals surface area contributed by atoms with Gasteiger partial charge in [-0.2, -0.15) is 0 Å². The number of rotatable bonds is 12. The molecule has 2 atom stereocenters. The van der Waals surface area contributed by atoms with Crippen LogP contribution in [-0.4, -0.2) is 76.0 Å². The largest absolute Gasteiger partial charge is 0.481 e. The monoisotopic (exact) mass is 473 g/mol. The van der Waals surface area contributed by atoms with Gasteiger partial charge in [-0.15, -0.1) is 0 Å². The van der Waals surface area contributed by atoms with Crippen LogP contribution in [0, 0.1) is 0 Å². The van der Waals surface area contributed by atoms with Crippen molar-refractivity contribution in [3.8, 4) is 0 Å². The van der Waals surface area contributed by atoms with Gasteiger partial charge in [-0.1, -0.05) is 6.07 Å². The summed E-state index contributed by atoms with van der Waals surface area (Å²) in [6, 6.07) is 2.04. The molecule has 0 fully saturated rings. The Balaban J connectivity index is 0. The Morgan fingerprint density at radius 1 is 0.848 bits per heavy atom. The first-order valence-electron chi connectivity index (χ1n) is 9.85. The van der Waals surface area contributed by atoms with Crippen LogP contribution >= 0.6 is 0 Å². The van der Waals surface area contributed by atoms with Crippen LogP contribution in [0.1, 0.15) is 39.0 Å². The van der Waals surface area contributed by atoms with Gasteiger partial charge in [0.2, 0.25) is 5.91 Å². The highest BCUT2D eigenvalue weighted by Gasteiger charge is 2.24. The number of nitrogens with zero attached hydrogens (tertiary/aromatic N) is 1. The van der Waals surface area contributed by atoms with Gasteiger partial charge in [-0.25, -0.2) is 14.4 Å². The Morgan fingerprint density at radius 3 is 1.73 bits per heavy atom. The number of carbonyl (C=O) groups is 5. The van der Waals surface area contributed by atoms with E-state index in [0.717, 1.165) is 0 Å². The molecule has 1 heterocycles. The first-order chi connectivity index (χ1) is 15.6. The third kappa shape index (κ3) is 19.9. The minimum Gasteiger partial charge on any atom is -0.481 e. The average Bonchev–Trinajstić information content (AvgIpc) is 2.78. The van der Waals surface area contributed by atoms with Gasteiger partial charge in [-0.3, -0.25) is 19.0 Å². The number of hydrogen-bond acceptors (Lipinski definition) is 6. The number of unbranched alkanes of at least 4 members (excludes halogenated alkanes) is 1. The molecule has 3 amide bonds. The summed E-state index contributed by atoms with van der Waals surface area (Å²) in [5, 5.41) is 33.3. The van der Waals surface area contributed by atoms with Crippen molar-refractivity contribution in [3.05, 3.63) is 30.6 Å². The quantitative estimate of drug-likeness (QED) is 0.240. The Kier molecular flexibility index (Phi) is 19.2. The minimum atomic E-state index is -1.44. The first-order valence-corrected chi connectivity index (χ1v) is 9.85. The van der Waals surface area contributed by atoms with Gasteiger partial charge in [0.25, 0.3) is 0 Å². The molecule has 0 spiro atoms. The maximum Gasteiger partial charge on any atom is 0.326 e. The van der Waals surface area contributed by atoms with Crippen molar-refractivity contribution in [3.63, 3.8) is 0 Å². The van der Waals surface area contributed by atoms with Crippen LogP contribution < -0.4 is 16.0 Å². The van der Waals surface area contributed by atoms with Crippen molar-refractivity contribution in [2.75, 3.05) is 13.7 Å². The van der Waals surface area contributed by atoms with Gasteiger partial charge >= 0.3 is 23.9 Å². The lowest BCUT2D eigenvalue weighted by atomic mass is 10.1. The molecule has 0 aliphatic heterocycles. The highest BCUT2D eigenvalue weighted by molar-refractivity contribution is 5.86. The fraction of sp³-hybridized carbons (Fsp3) is 0.500. The number of nitrogens with one attached hydrogen (secondary N) is 3. The molecule has 186 valence electrons. The summed E-state index contributed by atoms with van der Waals surface area (Å²) in [7, 11) is 0.500. The smallest absolute Gasteiger partial charge is 0.326 e. The lowest BCUT2D eigenvalue weighted by Gasteiger charge is -2.18. The van der Waals surface area contributed by atoms with Gasteiger partial charge in [0.15, 0.2) is 0 Å². The van der Waals surface area contributed by atoms with Gasteiger partial charge < -0.3 is 31.3 Å². The van der Waals surface area contributed by atoms with E-state index in [1.54, 1.807) is 12.4 Å². The molecule has 0 bridgehead atoms. The zero-order valence-corrected chi connectivity index (χ0v) is 18.5. The molecule has 12 nitrogen and oxygen atoms in total. The molecule has 0 saturated carbocycles. The fourth-order valence-corrected chi connectivity index (χ4v) is 2.19. The number of urea groups is 1. The predicted molar refractivity (Wildman–Crippen MR) is 115 cm³/mol. The summed E-state index contributed by atoms with van der Waals surface area (Å²) in [4.78, 5) is 58.8.